The Kier molecular flexibility index (Phi) is 4.80. The van der Waals surface area contributed by atoms with Crippen molar-refractivity contribution in [3.8, 4) is 0 Å². The molecule has 1 saturated carbocycles. The molecule has 3 rings (SSSR count). The van der Waals surface area contributed by atoms with Crippen LogP contribution >= 0.6 is 0 Å². The van der Waals surface area contributed by atoms with E-state index in [1.807, 2.05) is 11.9 Å². The lowest BCUT2D eigenvalue weighted by Gasteiger charge is -2.37. The SMILES string of the molecule is CNc1nccnc1C[C@@H]1CCCN(C(=O)C2(N)CCCC2)C1. The Balaban J connectivity index is 1.65. The molecule has 2 aliphatic rings. The van der Waals surface area contributed by atoms with Crippen LogP contribution in [0.5, 0.6) is 0 Å². The third-order valence-corrected chi connectivity index (χ3v) is 5.22. The fraction of sp³-hybridized carbons (Fsp3) is 0.706. The number of nitrogens with two attached hydrogens (primary N) is 1. The number of nitrogens with one attached hydrogen (secondary N) is 1. The molecular formula is C17H27N5O. The molecule has 2 heterocycles. The van der Waals surface area contributed by atoms with Gasteiger partial charge in [0.05, 0.1) is 11.2 Å². The molecule has 1 saturated heterocycles. The van der Waals surface area contributed by atoms with Gasteiger partial charge in [0.1, 0.15) is 5.82 Å². The van der Waals surface area contributed by atoms with E-state index in [0.29, 0.717) is 5.92 Å². The van der Waals surface area contributed by atoms with Gasteiger partial charge in [-0.15, -0.1) is 0 Å². The number of anilines is 1. The van der Waals surface area contributed by atoms with Crippen LogP contribution < -0.4 is 11.1 Å². The smallest absolute Gasteiger partial charge is 0.242 e. The number of hydrogen-bond donors (Lipinski definition) is 2. The van der Waals surface area contributed by atoms with Crippen LogP contribution in [0.4, 0.5) is 5.82 Å². The zero-order valence-corrected chi connectivity index (χ0v) is 13.9. The van der Waals surface area contributed by atoms with Crippen molar-refractivity contribution in [3.05, 3.63) is 18.1 Å². The summed E-state index contributed by atoms with van der Waals surface area (Å²) in [6.07, 6.45) is 10.3. The van der Waals surface area contributed by atoms with E-state index in [1.54, 1.807) is 12.4 Å². The second kappa shape index (κ2) is 6.83. The van der Waals surface area contributed by atoms with E-state index in [4.69, 9.17) is 5.73 Å². The first-order valence-electron chi connectivity index (χ1n) is 8.68. The maximum absolute atomic E-state index is 12.8. The molecule has 1 atom stereocenters. The molecule has 0 spiro atoms. The van der Waals surface area contributed by atoms with Gasteiger partial charge in [0, 0.05) is 32.5 Å². The van der Waals surface area contributed by atoms with Crippen molar-refractivity contribution in [1.82, 2.24) is 14.9 Å². The Morgan fingerprint density at radius 3 is 2.83 bits per heavy atom. The third kappa shape index (κ3) is 3.47. The summed E-state index contributed by atoms with van der Waals surface area (Å²) >= 11 is 0. The maximum Gasteiger partial charge on any atom is 0.242 e. The Labute approximate surface area is 137 Å². The molecule has 1 aromatic heterocycles. The molecule has 3 N–H and O–H groups in total. The summed E-state index contributed by atoms with van der Waals surface area (Å²) in [6, 6.07) is 0. The first kappa shape index (κ1) is 16.2. The highest BCUT2D eigenvalue weighted by Gasteiger charge is 2.41. The fourth-order valence-corrected chi connectivity index (χ4v) is 3.95. The third-order valence-electron chi connectivity index (χ3n) is 5.22. The highest BCUT2D eigenvalue weighted by atomic mass is 16.2. The Bertz CT molecular complexity index is 556. The predicted octanol–water partition coefficient (Wildman–Crippen LogP) is 1.57. The first-order valence-corrected chi connectivity index (χ1v) is 8.68. The zero-order valence-electron chi connectivity index (χ0n) is 13.9. The minimum absolute atomic E-state index is 0.160. The summed E-state index contributed by atoms with van der Waals surface area (Å²) in [5.74, 6) is 1.43. The molecule has 2 fully saturated rings. The molecule has 0 aromatic carbocycles. The number of piperidine rings is 1. The van der Waals surface area contributed by atoms with E-state index in [9.17, 15) is 4.79 Å². The molecule has 126 valence electrons. The van der Waals surface area contributed by atoms with Crippen molar-refractivity contribution in [2.24, 2.45) is 11.7 Å². The van der Waals surface area contributed by atoms with Crippen molar-refractivity contribution < 1.29 is 4.79 Å². The van der Waals surface area contributed by atoms with E-state index >= 15 is 0 Å². The highest BCUT2D eigenvalue weighted by Crippen LogP contribution is 2.31. The van der Waals surface area contributed by atoms with Crippen LogP contribution in [0.15, 0.2) is 12.4 Å². The summed E-state index contributed by atoms with van der Waals surface area (Å²) in [6.45, 7) is 1.63. The van der Waals surface area contributed by atoms with Crippen molar-refractivity contribution in [2.45, 2.75) is 50.5 Å². The normalized spacial score (nSPS) is 23.7. The van der Waals surface area contributed by atoms with E-state index in [2.05, 4.69) is 15.3 Å². The van der Waals surface area contributed by atoms with Crippen molar-refractivity contribution >= 4 is 11.7 Å². The van der Waals surface area contributed by atoms with Gasteiger partial charge in [-0.2, -0.15) is 0 Å². The Hall–Kier alpha value is -1.69. The number of rotatable bonds is 4. The molecule has 6 heteroatoms. The van der Waals surface area contributed by atoms with Gasteiger partial charge in [0.25, 0.3) is 0 Å². The molecular weight excluding hydrogens is 290 g/mol. The Morgan fingerprint density at radius 1 is 1.35 bits per heavy atom. The summed E-state index contributed by atoms with van der Waals surface area (Å²) in [4.78, 5) is 23.6. The van der Waals surface area contributed by atoms with Gasteiger partial charge >= 0.3 is 0 Å². The van der Waals surface area contributed by atoms with E-state index in [0.717, 1.165) is 69.5 Å². The number of aromatic nitrogens is 2. The topological polar surface area (TPSA) is 84.1 Å². The van der Waals surface area contributed by atoms with Crippen LogP contribution in [0.25, 0.3) is 0 Å². The number of carbonyl (C=O) groups excluding carboxylic acids is 1. The van der Waals surface area contributed by atoms with Crippen LogP contribution in [0.3, 0.4) is 0 Å². The molecule has 6 nitrogen and oxygen atoms in total. The molecule has 1 aliphatic carbocycles. The summed E-state index contributed by atoms with van der Waals surface area (Å²) < 4.78 is 0. The number of nitrogens with zero attached hydrogens (tertiary/aromatic N) is 3. The summed E-state index contributed by atoms with van der Waals surface area (Å²) in [5.41, 5.74) is 6.73. The van der Waals surface area contributed by atoms with Crippen LogP contribution in [0.2, 0.25) is 0 Å². The van der Waals surface area contributed by atoms with Gasteiger partial charge in [-0.25, -0.2) is 4.98 Å². The van der Waals surface area contributed by atoms with E-state index in [1.165, 1.54) is 0 Å². The van der Waals surface area contributed by atoms with Crippen LogP contribution in [-0.2, 0) is 11.2 Å². The van der Waals surface area contributed by atoms with Crippen molar-refractivity contribution in [2.75, 3.05) is 25.5 Å². The minimum atomic E-state index is -0.607. The lowest BCUT2D eigenvalue weighted by molar-refractivity contribution is -0.138. The second-order valence-electron chi connectivity index (χ2n) is 6.93. The van der Waals surface area contributed by atoms with Gasteiger partial charge in [0.15, 0.2) is 0 Å². The molecule has 1 aliphatic heterocycles. The van der Waals surface area contributed by atoms with Crippen LogP contribution in [0.1, 0.15) is 44.2 Å². The summed E-state index contributed by atoms with van der Waals surface area (Å²) in [7, 11) is 1.86. The quantitative estimate of drug-likeness (QED) is 0.880. The second-order valence-corrected chi connectivity index (χ2v) is 6.93. The predicted molar refractivity (Wildman–Crippen MR) is 90.0 cm³/mol. The molecule has 23 heavy (non-hydrogen) atoms. The largest absolute Gasteiger partial charge is 0.372 e. The van der Waals surface area contributed by atoms with Crippen molar-refractivity contribution in [1.29, 1.82) is 0 Å². The van der Waals surface area contributed by atoms with E-state index in [-0.39, 0.29) is 5.91 Å². The lowest BCUT2D eigenvalue weighted by atomic mass is 9.90. The van der Waals surface area contributed by atoms with Gasteiger partial charge in [0.2, 0.25) is 5.91 Å². The maximum atomic E-state index is 12.8. The zero-order chi connectivity index (χ0) is 16.3. The lowest BCUT2D eigenvalue weighted by Crippen LogP contribution is -2.55. The minimum Gasteiger partial charge on any atom is -0.372 e. The van der Waals surface area contributed by atoms with Crippen LogP contribution in [-0.4, -0.2) is 46.5 Å². The molecule has 0 bridgehead atoms. The van der Waals surface area contributed by atoms with Gasteiger partial charge < -0.3 is 16.0 Å². The monoisotopic (exact) mass is 317 g/mol. The van der Waals surface area contributed by atoms with E-state index < -0.39 is 5.54 Å². The standard InChI is InChI=1S/C17H27N5O/c1-19-15-14(20-8-9-21-15)11-13-5-4-10-22(12-13)16(23)17(18)6-2-3-7-17/h8-9,13H,2-7,10-12,18H2,1H3,(H,19,21)/t13-/m0/s1. The fourth-order valence-electron chi connectivity index (χ4n) is 3.95. The van der Waals surface area contributed by atoms with Crippen molar-refractivity contribution in [3.63, 3.8) is 0 Å². The average molecular weight is 317 g/mol. The number of amides is 1. The molecule has 1 amide bonds. The summed E-state index contributed by atoms with van der Waals surface area (Å²) in [5, 5.41) is 3.10. The number of hydrogen-bond acceptors (Lipinski definition) is 5. The Morgan fingerprint density at radius 2 is 2.09 bits per heavy atom. The van der Waals surface area contributed by atoms with Gasteiger partial charge in [-0.3, -0.25) is 9.78 Å². The molecule has 1 aromatic rings. The molecule has 0 radical (unpaired) electrons. The average Bonchev–Trinajstić information content (AvgIpc) is 3.03. The number of carbonyl (C=O) groups is 1. The molecule has 0 unspecified atom stereocenters. The first-order chi connectivity index (χ1) is 11.1. The number of likely N-dealkylation sites (tertiary alicyclic amines) is 1. The highest BCUT2D eigenvalue weighted by molar-refractivity contribution is 5.86. The van der Waals surface area contributed by atoms with Gasteiger partial charge in [-0.1, -0.05) is 12.8 Å². The van der Waals surface area contributed by atoms with Gasteiger partial charge in [-0.05, 0) is 38.0 Å². The van der Waals surface area contributed by atoms with Crippen LogP contribution in [0, 0.1) is 5.92 Å².